The highest BCUT2D eigenvalue weighted by Crippen LogP contribution is 2.35. The Kier molecular flexibility index (Phi) is 5.66. The van der Waals surface area contributed by atoms with Crippen molar-refractivity contribution >= 4 is 27.5 Å². The third-order valence-corrected chi connectivity index (χ3v) is 5.07. The van der Waals surface area contributed by atoms with E-state index in [1.807, 2.05) is 25.1 Å². The van der Waals surface area contributed by atoms with Crippen molar-refractivity contribution < 1.29 is 5.11 Å². The van der Waals surface area contributed by atoms with Gasteiger partial charge in [-0.1, -0.05) is 37.9 Å². The van der Waals surface area contributed by atoms with E-state index in [2.05, 4.69) is 29.8 Å². The standard InChI is InChI=1S/C14H21BrClNO/c1-4-9(2)11(8-18)14(3,17)10-5-6-12(15)13(16)7-10/h5-7,9,11,18H,4,8,17H2,1-3H3/t9?,11?,14-/m0/s1. The van der Waals surface area contributed by atoms with Crippen LogP contribution in [-0.2, 0) is 5.54 Å². The molecule has 0 aromatic heterocycles. The first-order chi connectivity index (χ1) is 8.34. The Balaban J connectivity index is 3.13. The zero-order valence-electron chi connectivity index (χ0n) is 11.1. The number of hydrogen-bond donors (Lipinski definition) is 2. The number of aliphatic hydroxyl groups excluding tert-OH is 1. The molecular weight excluding hydrogens is 314 g/mol. The molecule has 4 heteroatoms. The van der Waals surface area contributed by atoms with Gasteiger partial charge in [-0.05, 0) is 46.5 Å². The fourth-order valence-electron chi connectivity index (χ4n) is 2.29. The second-order valence-corrected chi connectivity index (χ2v) is 6.35. The number of hydrogen-bond acceptors (Lipinski definition) is 2. The third-order valence-electron chi connectivity index (χ3n) is 3.84. The van der Waals surface area contributed by atoms with E-state index >= 15 is 0 Å². The minimum Gasteiger partial charge on any atom is -0.396 e. The van der Waals surface area contributed by atoms with Gasteiger partial charge in [0.05, 0.1) is 5.02 Å². The minimum atomic E-state index is -0.589. The van der Waals surface area contributed by atoms with Crippen LogP contribution >= 0.6 is 27.5 Å². The SMILES string of the molecule is CCC(C)C(CO)[C@@](C)(N)c1ccc(Br)c(Cl)c1. The molecule has 2 nitrogen and oxygen atoms in total. The van der Waals surface area contributed by atoms with Crippen molar-refractivity contribution in [2.75, 3.05) is 6.61 Å². The van der Waals surface area contributed by atoms with Crippen LogP contribution in [0.15, 0.2) is 22.7 Å². The van der Waals surface area contributed by atoms with Crippen molar-refractivity contribution in [1.82, 2.24) is 0 Å². The molecule has 3 N–H and O–H groups in total. The smallest absolute Gasteiger partial charge is 0.0551 e. The molecular formula is C14H21BrClNO. The van der Waals surface area contributed by atoms with Crippen LogP contribution in [0.5, 0.6) is 0 Å². The van der Waals surface area contributed by atoms with E-state index in [1.165, 1.54) is 0 Å². The summed E-state index contributed by atoms with van der Waals surface area (Å²) in [4.78, 5) is 0. The highest BCUT2D eigenvalue weighted by atomic mass is 79.9. The lowest BCUT2D eigenvalue weighted by molar-refractivity contribution is 0.111. The van der Waals surface area contributed by atoms with Crippen LogP contribution in [0, 0.1) is 11.8 Å². The van der Waals surface area contributed by atoms with Gasteiger partial charge >= 0.3 is 0 Å². The molecule has 0 amide bonds. The molecule has 0 bridgehead atoms. The molecule has 0 saturated heterocycles. The second kappa shape index (κ2) is 6.38. The highest BCUT2D eigenvalue weighted by molar-refractivity contribution is 9.10. The van der Waals surface area contributed by atoms with E-state index in [4.69, 9.17) is 17.3 Å². The molecule has 2 unspecified atom stereocenters. The van der Waals surface area contributed by atoms with Gasteiger partial charge < -0.3 is 10.8 Å². The molecule has 0 heterocycles. The Labute approximate surface area is 123 Å². The van der Waals surface area contributed by atoms with Gasteiger partial charge in [0.15, 0.2) is 0 Å². The fraction of sp³-hybridized carbons (Fsp3) is 0.571. The van der Waals surface area contributed by atoms with E-state index in [0.29, 0.717) is 10.9 Å². The van der Waals surface area contributed by atoms with E-state index in [9.17, 15) is 5.11 Å². The summed E-state index contributed by atoms with van der Waals surface area (Å²) in [5, 5.41) is 10.3. The zero-order valence-corrected chi connectivity index (χ0v) is 13.4. The topological polar surface area (TPSA) is 46.2 Å². The van der Waals surface area contributed by atoms with Crippen molar-refractivity contribution in [2.24, 2.45) is 17.6 Å². The summed E-state index contributed by atoms with van der Waals surface area (Å²) >= 11 is 9.49. The van der Waals surface area contributed by atoms with Gasteiger partial charge in [-0.15, -0.1) is 0 Å². The van der Waals surface area contributed by atoms with Crippen molar-refractivity contribution in [1.29, 1.82) is 0 Å². The number of halogens is 2. The van der Waals surface area contributed by atoms with Gasteiger partial charge in [0, 0.05) is 22.5 Å². The lowest BCUT2D eigenvalue weighted by Gasteiger charge is -2.37. The Morgan fingerprint density at radius 2 is 2.11 bits per heavy atom. The van der Waals surface area contributed by atoms with Crippen molar-refractivity contribution in [3.05, 3.63) is 33.3 Å². The van der Waals surface area contributed by atoms with Crippen molar-refractivity contribution in [2.45, 2.75) is 32.7 Å². The van der Waals surface area contributed by atoms with Gasteiger partial charge in [-0.2, -0.15) is 0 Å². The Morgan fingerprint density at radius 1 is 1.50 bits per heavy atom. The molecule has 1 rings (SSSR count). The maximum absolute atomic E-state index is 9.63. The highest BCUT2D eigenvalue weighted by Gasteiger charge is 2.34. The molecule has 0 radical (unpaired) electrons. The maximum Gasteiger partial charge on any atom is 0.0551 e. The van der Waals surface area contributed by atoms with Crippen molar-refractivity contribution in [3.8, 4) is 0 Å². The molecule has 0 fully saturated rings. The predicted molar refractivity (Wildman–Crippen MR) is 80.7 cm³/mol. The van der Waals surface area contributed by atoms with Crippen LogP contribution in [0.1, 0.15) is 32.8 Å². The normalized spacial score (nSPS) is 18.2. The van der Waals surface area contributed by atoms with E-state index < -0.39 is 5.54 Å². The van der Waals surface area contributed by atoms with Gasteiger partial charge in [-0.3, -0.25) is 0 Å². The zero-order chi connectivity index (χ0) is 13.9. The van der Waals surface area contributed by atoms with Crippen LogP contribution in [0.4, 0.5) is 0 Å². The van der Waals surface area contributed by atoms with Crippen LogP contribution < -0.4 is 5.73 Å². The van der Waals surface area contributed by atoms with Gasteiger partial charge in [0.1, 0.15) is 0 Å². The van der Waals surface area contributed by atoms with E-state index in [-0.39, 0.29) is 12.5 Å². The molecule has 0 aliphatic heterocycles. The Morgan fingerprint density at radius 3 is 2.56 bits per heavy atom. The summed E-state index contributed by atoms with van der Waals surface area (Å²) in [6.07, 6.45) is 0.988. The number of nitrogens with two attached hydrogens (primary N) is 1. The first kappa shape index (κ1) is 16.0. The summed E-state index contributed by atoms with van der Waals surface area (Å²) < 4.78 is 0.854. The first-order valence-corrected chi connectivity index (χ1v) is 7.36. The molecule has 0 saturated carbocycles. The Hall–Kier alpha value is -0.0900. The molecule has 1 aromatic rings. The predicted octanol–water partition coefficient (Wildman–Crippen LogP) is 3.93. The average Bonchev–Trinajstić information content (AvgIpc) is 2.32. The van der Waals surface area contributed by atoms with Crippen LogP contribution in [0.3, 0.4) is 0 Å². The molecule has 102 valence electrons. The molecule has 1 aromatic carbocycles. The Bertz CT molecular complexity index is 409. The molecule has 0 spiro atoms. The average molecular weight is 335 g/mol. The van der Waals surface area contributed by atoms with Gasteiger partial charge in [-0.25, -0.2) is 0 Å². The summed E-state index contributed by atoms with van der Waals surface area (Å²) in [6.45, 7) is 6.26. The summed E-state index contributed by atoms with van der Waals surface area (Å²) in [5.41, 5.74) is 6.82. The monoisotopic (exact) mass is 333 g/mol. The molecule has 0 aliphatic rings. The molecule has 0 aliphatic carbocycles. The lowest BCUT2D eigenvalue weighted by Crippen LogP contribution is -2.45. The fourth-order valence-corrected chi connectivity index (χ4v) is 2.72. The summed E-state index contributed by atoms with van der Waals surface area (Å²) in [7, 11) is 0. The number of benzene rings is 1. The number of rotatable bonds is 5. The lowest BCUT2D eigenvalue weighted by atomic mass is 9.73. The van der Waals surface area contributed by atoms with Crippen LogP contribution in [0.25, 0.3) is 0 Å². The molecule has 18 heavy (non-hydrogen) atoms. The van der Waals surface area contributed by atoms with Gasteiger partial charge in [0.2, 0.25) is 0 Å². The summed E-state index contributed by atoms with van der Waals surface area (Å²) in [5.74, 6) is 0.368. The second-order valence-electron chi connectivity index (χ2n) is 5.09. The van der Waals surface area contributed by atoms with E-state index in [1.54, 1.807) is 0 Å². The quantitative estimate of drug-likeness (QED) is 0.857. The minimum absolute atomic E-state index is 0.0137. The van der Waals surface area contributed by atoms with Gasteiger partial charge in [0.25, 0.3) is 0 Å². The van der Waals surface area contributed by atoms with Crippen LogP contribution in [-0.4, -0.2) is 11.7 Å². The van der Waals surface area contributed by atoms with Crippen LogP contribution in [0.2, 0.25) is 5.02 Å². The largest absolute Gasteiger partial charge is 0.396 e. The molecule has 3 atom stereocenters. The maximum atomic E-state index is 9.63. The number of aliphatic hydroxyl groups is 1. The third kappa shape index (κ3) is 3.27. The van der Waals surface area contributed by atoms with E-state index in [0.717, 1.165) is 16.5 Å². The first-order valence-electron chi connectivity index (χ1n) is 6.19. The summed E-state index contributed by atoms with van der Waals surface area (Å²) in [6, 6.07) is 5.73. The van der Waals surface area contributed by atoms with Crippen molar-refractivity contribution in [3.63, 3.8) is 0 Å².